The molecule has 0 fully saturated rings. The lowest BCUT2D eigenvalue weighted by Gasteiger charge is -2.02. The number of carbonyl (C=O) groups excluding carboxylic acids is 1. The molecule has 3 rings (SSSR count). The van der Waals surface area contributed by atoms with Crippen LogP contribution in [0.5, 0.6) is 0 Å². The second-order valence-corrected chi connectivity index (χ2v) is 6.07. The zero-order chi connectivity index (χ0) is 18.0. The summed E-state index contributed by atoms with van der Waals surface area (Å²) in [7, 11) is 0. The van der Waals surface area contributed by atoms with Crippen molar-refractivity contribution in [1.29, 1.82) is 0 Å². The molecule has 0 aliphatic carbocycles. The van der Waals surface area contributed by atoms with Crippen LogP contribution in [0.25, 0.3) is 10.2 Å². The molecule has 1 heterocycles. The van der Waals surface area contributed by atoms with E-state index >= 15 is 0 Å². The zero-order valence-electron chi connectivity index (χ0n) is 12.9. The lowest BCUT2D eigenvalue weighted by molar-refractivity contribution is -0.385. The highest BCUT2D eigenvalue weighted by Crippen LogP contribution is 2.21. The Balaban J connectivity index is 2.21. The van der Waals surface area contributed by atoms with Gasteiger partial charge in [0.05, 0.1) is 15.1 Å². The summed E-state index contributed by atoms with van der Waals surface area (Å²) in [6.45, 7) is 3.89. The number of hydrogen-bond acceptors (Lipinski definition) is 4. The summed E-state index contributed by atoms with van der Waals surface area (Å²) in [4.78, 5) is 27.2. The fourth-order valence-corrected chi connectivity index (χ4v) is 3.48. The maximum atomic E-state index is 14.1. The summed E-state index contributed by atoms with van der Waals surface area (Å²) in [6, 6.07) is 10.2. The van der Waals surface area contributed by atoms with E-state index < -0.39 is 16.6 Å². The number of rotatable bonds is 4. The van der Waals surface area contributed by atoms with E-state index in [1.807, 2.05) is 0 Å². The van der Waals surface area contributed by atoms with Crippen molar-refractivity contribution in [2.45, 2.75) is 6.54 Å². The quantitative estimate of drug-likeness (QED) is 0.406. The standard InChI is InChI=1S/C17H12FN3O3S/c1-2-10-20-15-12(18)7-5-9-14(15)25-17(20)19-16(22)11-6-3-4-8-13(11)21(23)24/h2-9H,1,10H2. The van der Waals surface area contributed by atoms with Crippen molar-refractivity contribution in [2.75, 3.05) is 0 Å². The first-order chi connectivity index (χ1) is 12.0. The average molecular weight is 357 g/mol. The van der Waals surface area contributed by atoms with Crippen LogP contribution in [0.15, 0.2) is 60.1 Å². The van der Waals surface area contributed by atoms with Crippen LogP contribution in [0.2, 0.25) is 0 Å². The molecule has 1 amide bonds. The van der Waals surface area contributed by atoms with Crippen LogP contribution in [0.1, 0.15) is 10.4 Å². The third-order valence-corrected chi connectivity index (χ3v) is 4.54. The van der Waals surface area contributed by atoms with Crippen LogP contribution in [0.3, 0.4) is 0 Å². The van der Waals surface area contributed by atoms with Crippen molar-refractivity contribution in [1.82, 2.24) is 4.57 Å². The van der Waals surface area contributed by atoms with Gasteiger partial charge < -0.3 is 4.57 Å². The molecule has 0 spiro atoms. The van der Waals surface area contributed by atoms with Crippen LogP contribution in [0, 0.1) is 15.9 Å². The number of amides is 1. The Morgan fingerprint density at radius 3 is 2.80 bits per heavy atom. The number of allylic oxidation sites excluding steroid dienone is 1. The molecule has 0 saturated heterocycles. The monoisotopic (exact) mass is 357 g/mol. The summed E-state index contributed by atoms with van der Waals surface area (Å²) in [6.07, 6.45) is 1.56. The topological polar surface area (TPSA) is 77.5 Å². The van der Waals surface area contributed by atoms with Gasteiger partial charge in [-0.2, -0.15) is 4.99 Å². The Bertz CT molecular complexity index is 1070. The van der Waals surface area contributed by atoms with E-state index in [2.05, 4.69) is 11.6 Å². The van der Waals surface area contributed by atoms with Gasteiger partial charge in [-0.05, 0) is 18.2 Å². The lowest BCUT2D eigenvalue weighted by Crippen LogP contribution is -2.17. The lowest BCUT2D eigenvalue weighted by atomic mass is 10.2. The molecule has 8 heteroatoms. The number of hydrogen-bond donors (Lipinski definition) is 0. The smallest absolute Gasteiger partial charge is 0.286 e. The molecule has 3 aromatic rings. The Labute approximate surface area is 145 Å². The predicted octanol–water partition coefficient (Wildman–Crippen LogP) is 3.68. The van der Waals surface area contributed by atoms with Gasteiger partial charge in [0.25, 0.3) is 11.6 Å². The Hall–Kier alpha value is -3.13. The van der Waals surface area contributed by atoms with Crippen LogP contribution in [-0.4, -0.2) is 15.4 Å². The third-order valence-electron chi connectivity index (χ3n) is 3.49. The first kappa shape index (κ1) is 16.7. The molecule has 6 nitrogen and oxygen atoms in total. The summed E-state index contributed by atoms with van der Waals surface area (Å²) >= 11 is 1.13. The van der Waals surface area contributed by atoms with Gasteiger partial charge in [-0.1, -0.05) is 35.6 Å². The maximum Gasteiger partial charge on any atom is 0.286 e. The van der Waals surface area contributed by atoms with Gasteiger partial charge in [-0.3, -0.25) is 14.9 Å². The molecule has 0 bridgehead atoms. The van der Waals surface area contributed by atoms with Crippen LogP contribution >= 0.6 is 11.3 Å². The van der Waals surface area contributed by atoms with E-state index in [4.69, 9.17) is 0 Å². The fourth-order valence-electron chi connectivity index (χ4n) is 2.43. The van der Waals surface area contributed by atoms with E-state index in [1.165, 1.54) is 34.9 Å². The van der Waals surface area contributed by atoms with Gasteiger partial charge in [0.2, 0.25) is 0 Å². The summed E-state index contributed by atoms with van der Waals surface area (Å²) in [5.41, 5.74) is -0.115. The largest absolute Gasteiger partial charge is 0.310 e. The number of nitro benzene ring substituents is 1. The second kappa shape index (κ2) is 6.78. The van der Waals surface area contributed by atoms with Gasteiger partial charge in [0, 0.05) is 12.6 Å². The molecule has 0 radical (unpaired) electrons. The number of aromatic nitrogens is 1. The van der Waals surface area contributed by atoms with E-state index in [9.17, 15) is 19.3 Å². The normalized spacial score (nSPS) is 11.6. The predicted molar refractivity (Wildman–Crippen MR) is 93.0 cm³/mol. The van der Waals surface area contributed by atoms with Gasteiger partial charge in [0.15, 0.2) is 4.80 Å². The first-order valence-electron chi connectivity index (χ1n) is 7.24. The molecule has 0 atom stereocenters. The van der Waals surface area contributed by atoms with Gasteiger partial charge in [-0.15, -0.1) is 6.58 Å². The van der Waals surface area contributed by atoms with Crippen molar-refractivity contribution in [3.05, 3.63) is 81.4 Å². The highest BCUT2D eigenvalue weighted by atomic mass is 32.1. The molecule has 0 saturated carbocycles. The van der Waals surface area contributed by atoms with Crippen LogP contribution in [-0.2, 0) is 6.54 Å². The van der Waals surface area contributed by atoms with Crippen molar-refractivity contribution in [2.24, 2.45) is 4.99 Å². The van der Waals surface area contributed by atoms with E-state index in [-0.39, 0.29) is 22.6 Å². The summed E-state index contributed by atoms with van der Waals surface area (Å²) in [5.74, 6) is -1.19. The maximum absolute atomic E-state index is 14.1. The fraction of sp³-hybridized carbons (Fsp3) is 0.0588. The molecule has 0 aliphatic heterocycles. The minimum atomic E-state index is -0.753. The molecule has 0 N–H and O–H groups in total. The number of fused-ring (bicyclic) bond motifs is 1. The van der Waals surface area contributed by atoms with Gasteiger partial charge in [-0.25, -0.2) is 4.39 Å². The molecule has 2 aromatic carbocycles. The van der Waals surface area contributed by atoms with E-state index in [0.29, 0.717) is 10.2 Å². The SMILES string of the molecule is C=CCn1c(=NC(=O)c2ccccc2[N+](=O)[O-])sc2cccc(F)c21. The molecule has 0 aliphatic rings. The van der Waals surface area contributed by atoms with Crippen LogP contribution in [0.4, 0.5) is 10.1 Å². The number of halogens is 1. The number of benzene rings is 2. The van der Waals surface area contributed by atoms with Crippen molar-refractivity contribution < 1.29 is 14.1 Å². The van der Waals surface area contributed by atoms with Crippen LogP contribution < -0.4 is 4.80 Å². The molecule has 1 aromatic heterocycles. The molecular weight excluding hydrogens is 345 g/mol. The highest BCUT2D eigenvalue weighted by molar-refractivity contribution is 7.16. The van der Waals surface area contributed by atoms with Crippen molar-refractivity contribution in [3.8, 4) is 0 Å². The van der Waals surface area contributed by atoms with Crippen molar-refractivity contribution in [3.63, 3.8) is 0 Å². The molecule has 0 unspecified atom stereocenters. The minimum absolute atomic E-state index is 0.115. The number of thiazole rings is 1. The number of carbonyl (C=O) groups is 1. The Kier molecular flexibility index (Phi) is 4.53. The minimum Gasteiger partial charge on any atom is -0.310 e. The summed E-state index contributed by atoms with van der Waals surface area (Å²) < 4.78 is 16.3. The highest BCUT2D eigenvalue weighted by Gasteiger charge is 2.19. The van der Waals surface area contributed by atoms with E-state index in [1.54, 1.807) is 18.2 Å². The second-order valence-electron chi connectivity index (χ2n) is 5.06. The molecule has 126 valence electrons. The first-order valence-corrected chi connectivity index (χ1v) is 8.06. The number of nitrogens with zero attached hydrogens (tertiary/aromatic N) is 3. The Morgan fingerprint density at radius 2 is 2.08 bits per heavy atom. The summed E-state index contributed by atoms with van der Waals surface area (Å²) in [5, 5.41) is 11.1. The average Bonchev–Trinajstić information content (AvgIpc) is 2.94. The number of nitro groups is 1. The van der Waals surface area contributed by atoms with E-state index in [0.717, 1.165) is 11.3 Å². The van der Waals surface area contributed by atoms with Crippen molar-refractivity contribution >= 4 is 33.1 Å². The Morgan fingerprint density at radius 1 is 1.32 bits per heavy atom. The van der Waals surface area contributed by atoms with Gasteiger partial charge >= 0.3 is 0 Å². The number of para-hydroxylation sites is 2. The molecular formula is C17H12FN3O3S. The third kappa shape index (κ3) is 3.11. The zero-order valence-corrected chi connectivity index (χ0v) is 13.7. The molecule has 25 heavy (non-hydrogen) atoms. The van der Waals surface area contributed by atoms with Gasteiger partial charge in [0.1, 0.15) is 11.4 Å².